The van der Waals surface area contributed by atoms with Gasteiger partial charge in [-0.3, -0.25) is 9.10 Å². The molecule has 0 saturated heterocycles. The molecule has 152 valence electrons. The predicted molar refractivity (Wildman–Crippen MR) is 114 cm³/mol. The first kappa shape index (κ1) is 22.3. The van der Waals surface area contributed by atoms with Gasteiger partial charge in [0.05, 0.1) is 24.1 Å². The highest BCUT2D eigenvalue weighted by Gasteiger charge is 2.20. The van der Waals surface area contributed by atoms with E-state index in [1.807, 2.05) is 0 Å². The SMILES string of the molecule is COc1ccc(NC(=O)CCCN(c2cccc(Cl)c2C)S(C)(=O)=O)cc1Cl. The van der Waals surface area contributed by atoms with E-state index in [0.29, 0.717) is 39.2 Å². The van der Waals surface area contributed by atoms with Crippen LogP contribution < -0.4 is 14.4 Å². The number of methoxy groups -OCH3 is 1. The van der Waals surface area contributed by atoms with Gasteiger partial charge in [-0.2, -0.15) is 0 Å². The second kappa shape index (κ2) is 9.49. The van der Waals surface area contributed by atoms with Crippen molar-refractivity contribution < 1.29 is 17.9 Å². The lowest BCUT2D eigenvalue weighted by Gasteiger charge is -2.24. The van der Waals surface area contributed by atoms with Crippen molar-refractivity contribution in [2.24, 2.45) is 0 Å². The average Bonchev–Trinajstić information content (AvgIpc) is 2.61. The van der Waals surface area contributed by atoms with E-state index >= 15 is 0 Å². The second-order valence-electron chi connectivity index (χ2n) is 6.22. The normalized spacial score (nSPS) is 11.2. The number of nitrogens with one attached hydrogen (secondary N) is 1. The Morgan fingerprint density at radius 3 is 2.50 bits per heavy atom. The van der Waals surface area contributed by atoms with Gasteiger partial charge in [0.25, 0.3) is 0 Å². The molecule has 0 aliphatic heterocycles. The number of sulfonamides is 1. The molecule has 1 N–H and O–H groups in total. The van der Waals surface area contributed by atoms with Crippen LogP contribution in [0.1, 0.15) is 18.4 Å². The summed E-state index contributed by atoms with van der Waals surface area (Å²) >= 11 is 12.2. The first-order valence-corrected chi connectivity index (χ1v) is 11.1. The first-order chi connectivity index (χ1) is 13.1. The summed E-state index contributed by atoms with van der Waals surface area (Å²) < 4.78 is 30.8. The van der Waals surface area contributed by atoms with Gasteiger partial charge >= 0.3 is 0 Å². The number of amides is 1. The maximum atomic E-state index is 12.2. The Bertz CT molecular complexity index is 964. The minimum absolute atomic E-state index is 0.148. The number of hydrogen-bond acceptors (Lipinski definition) is 4. The van der Waals surface area contributed by atoms with Crippen LogP contribution in [0.15, 0.2) is 36.4 Å². The standard InChI is InChI=1S/C19H22Cl2N2O4S/c1-13-15(20)6-4-7-17(13)23(28(3,25)26)11-5-8-19(24)22-14-9-10-18(27-2)16(21)12-14/h4,6-7,9-10,12H,5,8,11H2,1-3H3,(H,22,24). The number of carbonyl (C=O) groups excluding carboxylic acids is 1. The molecular formula is C19H22Cl2N2O4S. The van der Waals surface area contributed by atoms with E-state index < -0.39 is 10.0 Å². The topological polar surface area (TPSA) is 75.7 Å². The zero-order valence-electron chi connectivity index (χ0n) is 15.8. The third-order valence-electron chi connectivity index (χ3n) is 4.11. The number of carbonyl (C=O) groups is 1. The van der Waals surface area contributed by atoms with Crippen LogP contribution in [0.2, 0.25) is 10.0 Å². The van der Waals surface area contributed by atoms with Crippen molar-refractivity contribution >= 4 is 50.5 Å². The van der Waals surface area contributed by atoms with E-state index in [1.54, 1.807) is 43.3 Å². The van der Waals surface area contributed by atoms with Crippen molar-refractivity contribution in [3.8, 4) is 5.75 Å². The molecule has 2 rings (SSSR count). The summed E-state index contributed by atoms with van der Waals surface area (Å²) in [4.78, 5) is 12.2. The number of anilines is 2. The number of hydrogen-bond donors (Lipinski definition) is 1. The Hall–Kier alpha value is -1.96. The Morgan fingerprint density at radius 2 is 1.89 bits per heavy atom. The molecule has 1 amide bonds. The van der Waals surface area contributed by atoms with E-state index in [0.717, 1.165) is 6.26 Å². The number of halogens is 2. The molecule has 0 unspecified atom stereocenters. The number of nitrogens with zero attached hydrogens (tertiary/aromatic N) is 1. The smallest absolute Gasteiger partial charge is 0.232 e. The van der Waals surface area contributed by atoms with Gasteiger partial charge in [-0.25, -0.2) is 8.42 Å². The van der Waals surface area contributed by atoms with Crippen molar-refractivity contribution in [2.75, 3.05) is 29.5 Å². The van der Waals surface area contributed by atoms with Crippen LogP contribution in [0.25, 0.3) is 0 Å². The van der Waals surface area contributed by atoms with E-state index in [2.05, 4.69) is 5.32 Å². The van der Waals surface area contributed by atoms with Crippen LogP contribution in [0, 0.1) is 6.92 Å². The summed E-state index contributed by atoms with van der Waals surface area (Å²) in [5.41, 5.74) is 1.73. The van der Waals surface area contributed by atoms with Gasteiger partial charge in [0, 0.05) is 23.7 Å². The highest BCUT2D eigenvalue weighted by molar-refractivity contribution is 7.92. The zero-order chi connectivity index (χ0) is 20.9. The van der Waals surface area contributed by atoms with Crippen molar-refractivity contribution in [1.82, 2.24) is 0 Å². The molecule has 0 spiro atoms. The second-order valence-corrected chi connectivity index (χ2v) is 8.94. The fourth-order valence-corrected chi connectivity index (χ4v) is 4.13. The molecule has 0 aromatic heterocycles. The Kier molecular flexibility index (Phi) is 7.57. The molecule has 0 heterocycles. The van der Waals surface area contributed by atoms with Gasteiger partial charge in [0.2, 0.25) is 15.9 Å². The lowest BCUT2D eigenvalue weighted by atomic mass is 10.2. The highest BCUT2D eigenvalue weighted by atomic mass is 35.5. The van der Waals surface area contributed by atoms with Crippen molar-refractivity contribution in [2.45, 2.75) is 19.8 Å². The van der Waals surface area contributed by atoms with Gasteiger partial charge in [-0.05, 0) is 49.2 Å². The molecule has 0 aliphatic carbocycles. The summed E-state index contributed by atoms with van der Waals surface area (Å²) in [6.45, 7) is 1.92. The van der Waals surface area contributed by atoms with Crippen LogP contribution in [0.3, 0.4) is 0 Å². The minimum Gasteiger partial charge on any atom is -0.495 e. The number of rotatable bonds is 8. The van der Waals surface area contributed by atoms with Crippen LogP contribution in [0.5, 0.6) is 5.75 Å². The summed E-state index contributed by atoms with van der Waals surface area (Å²) in [7, 11) is -2.01. The summed E-state index contributed by atoms with van der Waals surface area (Å²) in [6.07, 6.45) is 1.62. The number of ether oxygens (including phenoxy) is 1. The molecule has 0 fully saturated rings. The molecule has 6 nitrogen and oxygen atoms in total. The first-order valence-electron chi connectivity index (χ1n) is 8.49. The zero-order valence-corrected chi connectivity index (χ0v) is 18.2. The third kappa shape index (κ3) is 5.77. The Morgan fingerprint density at radius 1 is 1.18 bits per heavy atom. The molecule has 0 saturated carbocycles. The molecule has 0 bridgehead atoms. The fourth-order valence-electron chi connectivity index (χ4n) is 2.68. The molecule has 2 aromatic carbocycles. The maximum Gasteiger partial charge on any atom is 0.232 e. The average molecular weight is 445 g/mol. The van der Waals surface area contributed by atoms with Crippen LogP contribution in [0.4, 0.5) is 11.4 Å². The van der Waals surface area contributed by atoms with Crippen molar-refractivity contribution in [3.63, 3.8) is 0 Å². The quantitative estimate of drug-likeness (QED) is 0.650. The highest BCUT2D eigenvalue weighted by Crippen LogP contribution is 2.29. The Balaban J connectivity index is 2.01. The largest absolute Gasteiger partial charge is 0.495 e. The molecule has 28 heavy (non-hydrogen) atoms. The van der Waals surface area contributed by atoms with Gasteiger partial charge < -0.3 is 10.1 Å². The van der Waals surface area contributed by atoms with Crippen molar-refractivity contribution in [1.29, 1.82) is 0 Å². The summed E-state index contributed by atoms with van der Waals surface area (Å²) in [5, 5.41) is 3.61. The maximum absolute atomic E-state index is 12.2. The molecular weight excluding hydrogens is 423 g/mol. The molecule has 0 radical (unpaired) electrons. The number of benzene rings is 2. The van der Waals surface area contributed by atoms with Crippen LogP contribution >= 0.6 is 23.2 Å². The molecule has 0 aliphatic rings. The van der Waals surface area contributed by atoms with Gasteiger partial charge in [-0.1, -0.05) is 29.3 Å². The van der Waals surface area contributed by atoms with Gasteiger partial charge in [0.15, 0.2) is 0 Å². The van der Waals surface area contributed by atoms with E-state index in [1.165, 1.54) is 11.4 Å². The summed E-state index contributed by atoms with van der Waals surface area (Å²) in [6, 6.07) is 10.0. The molecule has 2 aromatic rings. The van der Waals surface area contributed by atoms with Crippen LogP contribution in [-0.2, 0) is 14.8 Å². The van der Waals surface area contributed by atoms with E-state index in [-0.39, 0.29) is 18.9 Å². The molecule has 0 atom stereocenters. The van der Waals surface area contributed by atoms with E-state index in [4.69, 9.17) is 27.9 Å². The fraction of sp³-hybridized carbons (Fsp3) is 0.316. The van der Waals surface area contributed by atoms with E-state index in [9.17, 15) is 13.2 Å². The monoisotopic (exact) mass is 444 g/mol. The van der Waals surface area contributed by atoms with Crippen LogP contribution in [-0.4, -0.2) is 34.2 Å². The lowest BCUT2D eigenvalue weighted by molar-refractivity contribution is -0.116. The predicted octanol–water partition coefficient (Wildman–Crippen LogP) is 4.50. The summed E-state index contributed by atoms with van der Waals surface area (Å²) in [5.74, 6) is 0.276. The van der Waals surface area contributed by atoms with Crippen molar-refractivity contribution in [3.05, 3.63) is 52.0 Å². The minimum atomic E-state index is -3.52. The lowest BCUT2D eigenvalue weighted by Crippen LogP contribution is -2.32. The van der Waals surface area contributed by atoms with Gasteiger partial charge in [-0.15, -0.1) is 0 Å². The van der Waals surface area contributed by atoms with Gasteiger partial charge in [0.1, 0.15) is 5.75 Å². The molecule has 9 heteroatoms. The Labute approximate surface area is 175 Å². The third-order valence-corrected chi connectivity index (χ3v) is 5.99.